The monoisotopic (exact) mass is 225 g/mol. The van der Waals surface area contributed by atoms with Gasteiger partial charge in [0.05, 0.1) is 7.11 Å². The van der Waals surface area contributed by atoms with Gasteiger partial charge in [0, 0.05) is 10.9 Å². The molecule has 0 fully saturated rings. The predicted molar refractivity (Wildman–Crippen MR) is 64.7 cm³/mol. The molecule has 0 aliphatic rings. The molecular weight excluding hydrogens is 210 g/mol. The van der Waals surface area contributed by atoms with E-state index in [9.17, 15) is 4.79 Å². The molecule has 0 aliphatic carbocycles. The lowest BCUT2D eigenvalue weighted by molar-refractivity contribution is 0.269. The number of anilines is 1. The van der Waals surface area contributed by atoms with Crippen LogP contribution in [0, 0.1) is 0 Å². The number of carbonyl (C=O) groups is 1. The molecule has 0 saturated carbocycles. The van der Waals surface area contributed by atoms with Crippen LogP contribution in [0.5, 0.6) is 5.75 Å². The Morgan fingerprint density at radius 1 is 1.33 bits per heavy atom. The highest BCUT2D eigenvalue weighted by molar-refractivity contribution is 8.14. The first kappa shape index (κ1) is 11.9. The molecule has 1 N–H and O–H groups in total. The van der Waals surface area contributed by atoms with Gasteiger partial charge in [0.25, 0.3) is 5.24 Å². The molecule has 0 radical (unpaired) electrons. The van der Waals surface area contributed by atoms with E-state index in [2.05, 4.69) is 5.32 Å². The van der Waals surface area contributed by atoms with Crippen molar-refractivity contribution in [2.45, 2.75) is 19.1 Å². The van der Waals surface area contributed by atoms with Gasteiger partial charge in [-0.3, -0.25) is 4.79 Å². The van der Waals surface area contributed by atoms with Crippen molar-refractivity contribution in [1.29, 1.82) is 0 Å². The maximum atomic E-state index is 11.4. The van der Waals surface area contributed by atoms with Crippen molar-refractivity contribution < 1.29 is 9.53 Å². The molecule has 0 bridgehead atoms. The van der Waals surface area contributed by atoms with Gasteiger partial charge in [-0.1, -0.05) is 25.6 Å². The van der Waals surface area contributed by atoms with Gasteiger partial charge in [-0.2, -0.15) is 0 Å². The second-order valence-electron chi connectivity index (χ2n) is 3.31. The fourth-order valence-corrected chi connectivity index (χ4v) is 1.64. The quantitative estimate of drug-likeness (QED) is 0.857. The number of ether oxygens (including phenoxy) is 1. The lowest BCUT2D eigenvalue weighted by atomic mass is 10.3. The van der Waals surface area contributed by atoms with Crippen LogP contribution in [0.25, 0.3) is 0 Å². The second kappa shape index (κ2) is 5.66. The fourth-order valence-electron chi connectivity index (χ4n) is 1.04. The molecule has 0 saturated heterocycles. The molecular formula is C11H15NO2S. The summed E-state index contributed by atoms with van der Waals surface area (Å²) >= 11 is 1.28. The maximum absolute atomic E-state index is 11.4. The van der Waals surface area contributed by atoms with Crippen LogP contribution in [-0.4, -0.2) is 17.6 Å². The molecule has 1 rings (SSSR count). The number of thioether (sulfide) groups is 1. The number of nitrogens with one attached hydrogen (secondary N) is 1. The van der Waals surface area contributed by atoms with E-state index in [1.165, 1.54) is 11.8 Å². The van der Waals surface area contributed by atoms with Gasteiger partial charge in [-0.15, -0.1) is 0 Å². The molecule has 15 heavy (non-hydrogen) atoms. The number of carbonyl (C=O) groups excluding carboxylic acids is 1. The van der Waals surface area contributed by atoms with Gasteiger partial charge in [0.15, 0.2) is 0 Å². The Kier molecular flexibility index (Phi) is 4.49. The molecule has 0 atom stereocenters. The molecule has 0 heterocycles. The Morgan fingerprint density at radius 3 is 2.40 bits per heavy atom. The van der Waals surface area contributed by atoms with E-state index >= 15 is 0 Å². The van der Waals surface area contributed by atoms with E-state index < -0.39 is 0 Å². The van der Waals surface area contributed by atoms with Gasteiger partial charge in [-0.25, -0.2) is 0 Å². The molecule has 0 unspecified atom stereocenters. The fraction of sp³-hybridized carbons (Fsp3) is 0.364. The second-order valence-corrected chi connectivity index (χ2v) is 4.86. The maximum Gasteiger partial charge on any atom is 0.283 e. The number of benzene rings is 1. The summed E-state index contributed by atoms with van der Waals surface area (Å²) in [6.45, 7) is 3.97. The third-order valence-electron chi connectivity index (χ3n) is 1.68. The van der Waals surface area contributed by atoms with Crippen molar-refractivity contribution >= 4 is 22.7 Å². The molecule has 3 nitrogen and oxygen atoms in total. The third-order valence-corrected chi connectivity index (χ3v) is 2.47. The predicted octanol–water partition coefficient (Wildman–Crippen LogP) is 3.37. The van der Waals surface area contributed by atoms with E-state index in [1.807, 2.05) is 38.1 Å². The standard InChI is InChI=1S/C11H15NO2S/c1-8(2)15-11(13)12-9-4-6-10(14-3)7-5-9/h4-8H,1-3H3,(H,12,13). The zero-order valence-electron chi connectivity index (χ0n) is 9.11. The molecule has 1 aromatic rings. The zero-order chi connectivity index (χ0) is 11.3. The van der Waals surface area contributed by atoms with Crippen molar-refractivity contribution in [3.63, 3.8) is 0 Å². The minimum atomic E-state index is -0.0323. The van der Waals surface area contributed by atoms with Gasteiger partial charge in [0.1, 0.15) is 5.75 Å². The van der Waals surface area contributed by atoms with Crippen LogP contribution in [0.4, 0.5) is 10.5 Å². The summed E-state index contributed by atoms with van der Waals surface area (Å²) in [5.74, 6) is 0.782. The Balaban J connectivity index is 2.53. The molecule has 1 aromatic carbocycles. The van der Waals surface area contributed by atoms with Crippen molar-refractivity contribution in [2.75, 3.05) is 12.4 Å². The van der Waals surface area contributed by atoms with E-state index in [1.54, 1.807) is 7.11 Å². The summed E-state index contributed by atoms with van der Waals surface area (Å²) in [6.07, 6.45) is 0. The molecule has 1 amide bonds. The van der Waals surface area contributed by atoms with Crippen LogP contribution in [-0.2, 0) is 0 Å². The summed E-state index contributed by atoms with van der Waals surface area (Å²) in [5, 5.41) is 3.06. The number of hydrogen-bond donors (Lipinski definition) is 1. The number of amides is 1. The summed E-state index contributed by atoms with van der Waals surface area (Å²) in [4.78, 5) is 11.4. The third kappa shape index (κ3) is 4.25. The highest BCUT2D eigenvalue weighted by Crippen LogP contribution is 2.18. The van der Waals surface area contributed by atoms with Crippen LogP contribution in [0.1, 0.15) is 13.8 Å². The average Bonchev–Trinajstić information content (AvgIpc) is 2.17. The zero-order valence-corrected chi connectivity index (χ0v) is 9.93. The molecule has 0 spiro atoms. The summed E-state index contributed by atoms with van der Waals surface area (Å²) in [7, 11) is 1.61. The Labute approximate surface area is 94.2 Å². The first-order valence-corrected chi connectivity index (χ1v) is 5.61. The number of methoxy groups -OCH3 is 1. The van der Waals surface area contributed by atoms with Crippen LogP contribution in [0.2, 0.25) is 0 Å². The number of hydrogen-bond acceptors (Lipinski definition) is 3. The minimum Gasteiger partial charge on any atom is -0.497 e. The smallest absolute Gasteiger partial charge is 0.283 e. The SMILES string of the molecule is COc1ccc(NC(=O)SC(C)C)cc1. The van der Waals surface area contributed by atoms with Crippen molar-refractivity contribution in [1.82, 2.24) is 0 Å². The lowest BCUT2D eigenvalue weighted by Crippen LogP contribution is -2.07. The van der Waals surface area contributed by atoms with Crippen molar-refractivity contribution in [2.24, 2.45) is 0 Å². The minimum absolute atomic E-state index is 0.0323. The summed E-state index contributed by atoms with van der Waals surface area (Å²) < 4.78 is 5.02. The first-order chi connectivity index (χ1) is 7.11. The first-order valence-electron chi connectivity index (χ1n) is 4.73. The molecule has 82 valence electrons. The van der Waals surface area contributed by atoms with E-state index in [4.69, 9.17) is 4.74 Å². The van der Waals surface area contributed by atoms with Gasteiger partial charge in [0.2, 0.25) is 0 Å². The largest absolute Gasteiger partial charge is 0.497 e. The topological polar surface area (TPSA) is 38.3 Å². The van der Waals surface area contributed by atoms with E-state index in [0.29, 0.717) is 5.25 Å². The number of rotatable bonds is 3. The van der Waals surface area contributed by atoms with Crippen LogP contribution in [0.15, 0.2) is 24.3 Å². The summed E-state index contributed by atoms with van der Waals surface area (Å²) in [5.41, 5.74) is 0.786. The normalized spacial score (nSPS) is 10.1. The van der Waals surface area contributed by atoms with Gasteiger partial charge < -0.3 is 10.1 Å². The molecule has 0 aromatic heterocycles. The molecule has 4 heteroatoms. The summed E-state index contributed by atoms with van der Waals surface area (Å²) in [6, 6.07) is 7.26. The van der Waals surface area contributed by atoms with Crippen LogP contribution < -0.4 is 10.1 Å². The highest BCUT2D eigenvalue weighted by Gasteiger charge is 2.05. The van der Waals surface area contributed by atoms with Gasteiger partial charge >= 0.3 is 0 Å². The molecule has 0 aliphatic heterocycles. The van der Waals surface area contributed by atoms with Crippen molar-refractivity contribution in [3.05, 3.63) is 24.3 Å². The van der Waals surface area contributed by atoms with Crippen LogP contribution in [0.3, 0.4) is 0 Å². The highest BCUT2D eigenvalue weighted by atomic mass is 32.2. The Hall–Kier alpha value is -1.16. The van der Waals surface area contributed by atoms with Gasteiger partial charge in [-0.05, 0) is 24.3 Å². The van der Waals surface area contributed by atoms with Crippen LogP contribution >= 0.6 is 11.8 Å². The Bertz CT molecular complexity index is 322. The van der Waals surface area contributed by atoms with Crippen molar-refractivity contribution in [3.8, 4) is 5.75 Å². The van der Waals surface area contributed by atoms with E-state index in [-0.39, 0.29) is 5.24 Å². The average molecular weight is 225 g/mol. The Morgan fingerprint density at radius 2 is 1.93 bits per heavy atom. The van der Waals surface area contributed by atoms with E-state index in [0.717, 1.165) is 11.4 Å². The lowest BCUT2D eigenvalue weighted by Gasteiger charge is -2.07.